The van der Waals surface area contributed by atoms with Gasteiger partial charge in [-0.25, -0.2) is 4.39 Å². The van der Waals surface area contributed by atoms with Crippen molar-refractivity contribution < 1.29 is 9.18 Å². The van der Waals surface area contributed by atoms with Crippen LogP contribution < -0.4 is 5.32 Å². The van der Waals surface area contributed by atoms with Crippen LogP contribution in [0.4, 0.5) is 4.39 Å². The lowest BCUT2D eigenvalue weighted by Gasteiger charge is -2.16. The number of carbonyl (C=O) groups is 1. The fourth-order valence-electron chi connectivity index (χ4n) is 2.50. The van der Waals surface area contributed by atoms with Crippen LogP contribution in [0, 0.1) is 11.7 Å². The minimum Gasteiger partial charge on any atom is -0.349 e. The zero-order chi connectivity index (χ0) is 13.0. The zero-order valence-corrected chi connectivity index (χ0v) is 10.8. The van der Waals surface area contributed by atoms with Crippen molar-refractivity contribution in [2.45, 2.75) is 45.1 Å². The van der Waals surface area contributed by atoms with Crippen molar-refractivity contribution in [1.29, 1.82) is 0 Å². The molecule has 0 aliphatic heterocycles. The van der Waals surface area contributed by atoms with Crippen LogP contribution in [-0.4, -0.2) is 11.9 Å². The third-order valence-corrected chi connectivity index (χ3v) is 3.70. The van der Waals surface area contributed by atoms with Crippen molar-refractivity contribution >= 4 is 5.91 Å². The maximum Gasteiger partial charge on any atom is 0.251 e. The first-order valence-electron chi connectivity index (χ1n) is 6.71. The highest BCUT2D eigenvalue weighted by atomic mass is 19.1. The van der Waals surface area contributed by atoms with E-state index in [4.69, 9.17) is 0 Å². The number of rotatable bonds is 2. The predicted octanol–water partition coefficient (Wildman–Crippen LogP) is 3.52. The van der Waals surface area contributed by atoms with E-state index >= 15 is 0 Å². The van der Waals surface area contributed by atoms with Crippen molar-refractivity contribution in [2.24, 2.45) is 5.92 Å². The molecule has 3 heteroatoms. The summed E-state index contributed by atoms with van der Waals surface area (Å²) in [4.78, 5) is 12.0. The van der Waals surface area contributed by atoms with Crippen LogP contribution in [0.25, 0.3) is 0 Å². The Morgan fingerprint density at radius 3 is 2.61 bits per heavy atom. The summed E-state index contributed by atoms with van der Waals surface area (Å²) in [6.07, 6.45) is 5.71. The van der Waals surface area contributed by atoms with Gasteiger partial charge < -0.3 is 5.32 Å². The number of carbonyl (C=O) groups excluding carboxylic acids is 1. The van der Waals surface area contributed by atoms with Gasteiger partial charge in [0.25, 0.3) is 5.91 Å². The van der Waals surface area contributed by atoms with Gasteiger partial charge in [0.15, 0.2) is 0 Å². The Labute approximate surface area is 108 Å². The van der Waals surface area contributed by atoms with Crippen molar-refractivity contribution in [3.05, 3.63) is 35.6 Å². The normalized spacial score (nSPS) is 24.3. The maximum absolute atomic E-state index is 12.8. The van der Waals surface area contributed by atoms with Crippen LogP contribution in [0.15, 0.2) is 24.3 Å². The molecule has 1 N–H and O–H groups in total. The molecule has 2 nitrogen and oxygen atoms in total. The fourth-order valence-corrected chi connectivity index (χ4v) is 2.50. The van der Waals surface area contributed by atoms with Crippen molar-refractivity contribution in [2.75, 3.05) is 0 Å². The molecule has 0 saturated heterocycles. The minimum atomic E-state index is -0.310. The van der Waals surface area contributed by atoms with Crippen LogP contribution in [0.2, 0.25) is 0 Å². The molecule has 2 unspecified atom stereocenters. The van der Waals surface area contributed by atoms with Gasteiger partial charge in [0.05, 0.1) is 0 Å². The van der Waals surface area contributed by atoms with E-state index in [0.717, 1.165) is 18.8 Å². The molecule has 1 aliphatic rings. The van der Waals surface area contributed by atoms with E-state index in [0.29, 0.717) is 5.56 Å². The topological polar surface area (TPSA) is 29.1 Å². The highest BCUT2D eigenvalue weighted by Gasteiger charge is 2.18. The largest absolute Gasteiger partial charge is 0.349 e. The Morgan fingerprint density at radius 1 is 1.17 bits per heavy atom. The van der Waals surface area contributed by atoms with Crippen LogP contribution in [0.3, 0.4) is 0 Å². The molecular weight excluding hydrogens is 229 g/mol. The molecule has 1 aromatic rings. The average molecular weight is 249 g/mol. The second kappa shape index (κ2) is 5.98. The summed E-state index contributed by atoms with van der Waals surface area (Å²) in [5.74, 6) is 0.363. The second-order valence-electron chi connectivity index (χ2n) is 5.29. The molecule has 18 heavy (non-hydrogen) atoms. The van der Waals surface area contributed by atoms with Gasteiger partial charge in [0.2, 0.25) is 0 Å². The molecule has 1 fully saturated rings. The van der Waals surface area contributed by atoms with Gasteiger partial charge in [-0.15, -0.1) is 0 Å². The van der Waals surface area contributed by atoms with Gasteiger partial charge in [0.1, 0.15) is 5.82 Å². The number of nitrogens with one attached hydrogen (secondary N) is 1. The summed E-state index contributed by atoms with van der Waals surface area (Å²) in [5, 5.41) is 3.05. The molecule has 0 radical (unpaired) electrons. The fraction of sp³-hybridized carbons (Fsp3) is 0.533. The average Bonchev–Trinajstić information content (AvgIpc) is 2.55. The molecule has 2 rings (SSSR count). The Hall–Kier alpha value is -1.38. The summed E-state index contributed by atoms with van der Waals surface area (Å²) < 4.78 is 12.8. The number of hydrogen-bond acceptors (Lipinski definition) is 1. The Kier molecular flexibility index (Phi) is 4.34. The minimum absolute atomic E-state index is 0.0884. The molecule has 1 saturated carbocycles. The van der Waals surface area contributed by atoms with E-state index in [2.05, 4.69) is 12.2 Å². The molecule has 0 spiro atoms. The van der Waals surface area contributed by atoms with Crippen LogP contribution in [0.5, 0.6) is 0 Å². The van der Waals surface area contributed by atoms with Crippen molar-refractivity contribution in [3.8, 4) is 0 Å². The highest BCUT2D eigenvalue weighted by molar-refractivity contribution is 5.94. The Balaban J connectivity index is 1.92. The molecule has 0 bridgehead atoms. The first kappa shape index (κ1) is 13.1. The van der Waals surface area contributed by atoms with Gasteiger partial charge in [-0.05, 0) is 49.4 Å². The third-order valence-electron chi connectivity index (χ3n) is 3.70. The quantitative estimate of drug-likeness (QED) is 0.798. The van der Waals surface area contributed by atoms with Gasteiger partial charge in [0, 0.05) is 11.6 Å². The first-order valence-corrected chi connectivity index (χ1v) is 6.71. The lowest BCUT2D eigenvalue weighted by atomic mass is 10.0. The van der Waals surface area contributed by atoms with Gasteiger partial charge in [-0.3, -0.25) is 4.79 Å². The predicted molar refractivity (Wildman–Crippen MR) is 69.9 cm³/mol. The molecule has 1 amide bonds. The summed E-state index contributed by atoms with van der Waals surface area (Å²) in [7, 11) is 0. The number of hydrogen-bond donors (Lipinski definition) is 1. The highest BCUT2D eigenvalue weighted by Crippen LogP contribution is 2.22. The first-order chi connectivity index (χ1) is 8.65. The van der Waals surface area contributed by atoms with E-state index in [1.54, 1.807) is 0 Å². The number of halogens is 1. The summed E-state index contributed by atoms with van der Waals surface area (Å²) >= 11 is 0. The van der Waals surface area contributed by atoms with E-state index in [-0.39, 0.29) is 17.8 Å². The zero-order valence-electron chi connectivity index (χ0n) is 10.8. The number of amides is 1. The summed E-state index contributed by atoms with van der Waals surface area (Å²) in [6, 6.07) is 5.98. The molecular formula is C15H20FNO. The van der Waals surface area contributed by atoms with E-state index in [1.807, 2.05) is 0 Å². The maximum atomic E-state index is 12.8. The molecule has 0 aromatic heterocycles. The lowest BCUT2D eigenvalue weighted by Crippen LogP contribution is -2.34. The van der Waals surface area contributed by atoms with Crippen molar-refractivity contribution in [1.82, 2.24) is 5.32 Å². The molecule has 1 aromatic carbocycles. The van der Waals surface area contributed by atoms with E-state index in [1.165, 1.54) is 43.5 Å². The Morgan fingerprint density at radius 2 is 1.89 bits per heavy atom. The standard InChI is InChI=1S/C15H20FNO/c1-11-3-2-4-14(10-5-11)17-15(18)12-6-8-13(16)9-7-12/h6-9,11,14H,2-5,10H2,1H3,(H,17,18). The summed E-state index contributed by atoms with van der Waals surface area (Å²) in [6.45, 7) is 2.27. The van der Waals surface area contributed by atoms with Gasteiger partial charge >= 0.3 is 0 Å². The van der Waals surface area contributed by atoms with E-state index in [9.17, 15) is 9.18 Å². The number of benzene rings is 1. The smallest absolute Gasteiger partial charge is 0.251 e. The molecule has 98 valence electrons. The van der Waals surface area contributed by atoms with Gasteiger partial charge in [-0.1, -0.05) is 19.8 Å². The summed E-state index contributed by atoms with van der Waals surface area (Å²) in [5.41, 5.74) is 0.536. The van der Waals surface area contributed by atoms with Gasteiger partial charge in [-0.2, -0.15) is 0 Å². The molecule has 0 heterocycles. The monoisotopic (exact) mass is 249 g/mol. The van der Waals surface area contributed by atoms with Crippen molar-refractivity contribution in [3.63, 3.8) is 0 Å². The lowest BCUT2D eigenvalue weighted by molar-refractivity contribution is 0.0933. The van der Waals surface area contributed by atoms with E-state index < -0.39 is 0 Å². The third kappa shape index (κ3) is 3.56. The second-order valence-corrected chi connectivity index (χ2v) is 5.29. The van der Waals surface area contributed by atoms with Crippen LogP contribution in [0.1, 0.15) is 49.4 Å². The Bertz CT molecular complexity index is 401. The molecule has 1 aliphatic carbocycles. The van der Waals surface area contributed by atoms with Crippen LogP contribution >= 0.6 is 0 Å². The SMILES string of the molecule is CC1CCCC(NC(=O)c2ccc(F)cc2)CC1. The van der Waals surface area contributed by atoms with Crippen LogP contribution in [-0.2, 0) is 0 Å². The molecule has 2 atom stereocenters.